The van der Waals surface area contributed by atoms with E-state index in [1.54, 1.807) is 11.8 Å². The van der Waals surface area contributed by atoms with Crippen molar-refractivity contribution < 1.29 is 0 Å². The van der Waals surface area contributed by atoms with Crippen LogP contribution in [0.5, 0.6) is 0 Å². The van der Waals surface area contributed by atoms with Crippen molar-refractivity contribution >= 4 is 34.9 Å². The standard InChI is InChI=1S/C12H14ClN3S2/c1-3-11-15-12(18-16-11)17-8-4-5-9(7(2)14)10(13)6-8/h4-7H,3,14H2,1-2H3. The molecule has 0 aliphatic carbocycles. The monoisotopic (exact) mass is 299 g/mol. The van der Waals surface area contributed by atoms with E-state index in [4.69, 9.17) is 17.3 Å². The highest BCUT2D eigenvalue weighted by molar-refractivity contribution is 8.01. The van der Waals surface area contributed by atoms with E-state index in [0.717, 1.165) is 27.0 Å². The summed E-state index contributed by atoms with van der Waals surface area (Å²) in [6, 6.07) is 5.86. The third-order valence-corrected chi connectivity index (χ3v) is 4.54. The fourth-order valence-electron chi connectivity index (χ4n) is 1.46. The third-order valence-electron chi connectivity index (χ3n) is 2.43. The Balaban J connectivity index is 2.17. The van der Waals surface area contributed by atoms with E-state index in [0.29, 0.717) is 5.02 Å². The average Bonchev–Trinajstić information content (AvgIpc) is 2.76. The molecule has 2 N–H and O–H groups in total. The summed E-state index contributed by atoms with van der Waals surface area (Å²) in [7, 11) is 0. The molecule has 6 heteroatoms. The van der Waals surface area contributed by atoms with Gasteiger partial charge in [-0.25, -0.2) is 4.98 Å². The molecule has 1 aromatic carbocycles. The minimum Gasteiger partial charge on any atom is -0.324 e. The summed E-state index contributed by atoms with van der Waals surface area (Å²) in [6.07, 6.45) is 0.863. The summed E-state index contributed by atoms with van der Waals surface area (Å²) in [5.74, 6) is 0.890. The number of nitrogens with two attached hydrogens (primary N) is 1. The van der Waals surface area contributed by atoms with Crippen LogP contribution >= 0.6 is 34.9 Å². The van der Waals surface area contributed by atoms with Crippen molar-refractivity contribution in [2.24, 2.45) is 5.73 Å². The maximum absolute atomic E-state index is 6.20. The summed E-state index contributed by atoms with van der Waals surface area (Å²) < 4.78 is 5.20. The zero-order chi connectivity index (χ0) is 13.1. The lowest BCUT2D eigenvalue weighted by Crippen LogP contribution is -2.05. The Hall–Kier alpha value is -0.620. The van der Waals surface area contributed by atoms with E-state index in [2.05, 4.69) is 9.36 Å². The molecule has 0 saturated carbocycles. The number of aryl methyl sites for hydroxylation is 1. The summed E-state index contributed by atoms with van der Waals surface area (Å²) >= 11 is 9.19. The zero-order valence-electron chi connectivity index (χ0n) is 10.2. The van der Waals surface area contributed by atoms with Crippen LogP contribution in [0.25, 0.3) is 0 Å². The molecule has 0 spiro atoms. The van der Waals surface area contributed by atoms with Crippen LogP contribution in [0.2, 0.25) is 5.02 Å². The van der Waals surface area contributed by atoms with Gasteiger partial charge in [0, 0.05) is 22.4 Å². The Bertz CT molecular complexity index is 540. The lowest BCUT2D eigenvalue weighted by molar-refractivity contribution is 0.817. The summed E-state index contributed by atoms with van der Waals surface area (Å²) in [4.78, 5) is 5.47. The van der Waals surface area contributed by atoms with E-state index in [-0.39, 0.29) is 6.04 Å². The van der Waals surface area contributed by atoms with Crippen LogP contribution in [0.15, 0.2) is 27.4 Å². The van der Waals surface area contributed by atoms with Crippen LogP contribution in [-0.2, 0) is 6.42 Å². The maximum Gasteiger partial charge on any atom is 0.174 e. The third kappa shape index (κ3) is 3.23. The minimum absolute atomic E-state index is 0.0511. The largest absolute Gasteiger partial charge is 0.324 e. The van der Waals surface area contributed by atoms with E-state index in [1.807, 2.05) is 32.0 Å². The molecule has 0 aliphatic rings. The molecule has 0 aliphatic heterocycles. The highest BCUT2D eigenvalue weighted by Gasteiger charge is 2.09. The molecule has 3 nitrogen and oxygen atoms in total. The molecule has 0 amide bonds. The molecule has 96 valence electrons. The van der Waals surface area contributed by atoms with Crippen molar-refractivity contribution in [1.29, 1.82) is 0 Å². The van der Waals surface area contributed by atoms with Gasteiger partial charge in [-0.15, -0.1) is 0 Å². The fraction of sp³-hybridized carbons (Fsp3) is 0.333. The Morgan fingerprint density at radius 3 is 2.83 bits per heavy atom. The highest BCUT2D eigenvalue weighted by atomic mass is 35.5. The van der Waals surface area contributed by atoms with Gasteiger partial charge in [-0.3, -0.25) is 0 Å². The van der Waals surface area contributed by atoms with Gasteiger partial charge in [0.15, 0.2) is 4.34 Å². The molecule has 0 radical (unpaired) electrons. The normalized spacial score (nSPS) is 12.7. The zero-order valence-corrected chi connectivity index (χ0v) is 12.6. The Kier molecular flexibility index (Phi) is 4.61. The van der Waals surface area contributed by atoms with Crippen LogP contribution in [-0.4, -0.2) is 9.36 Å². The van der Waals surface area contributed by atoms with Gasteiger partial charge in [0.25, 0.3) is 0 Å². The smallest absolute Gasteiger partial charge is 0.174 e. The second kappa shape index (κ2) is 6.02. The molecule has 1 atom stereocenters. The first-order chi connectivity index (χ1) is 8.60. The first-order valence-corrected chi connectivity index (χ1v) is 7.62. The molecule has 0 saturated heterocycles. The fourth-order valence-corrected chi connectivity index (χ4v) is 3.60. The first kappa shape index (κ1) is 13.8. The number of hydrogen-bond donors (Lipinski definition) is 1. The van der Waals surface area contributed by atoms with Gasteiger partial charge in [0.05, 0.1) is 0 Å². The average molecular weight is 300 g/mol. The van der Waals surface area contributed by atoms with E-state index >= 15 is 0 Å². The van der Waals surface area contributed by atoms with Crippen LogP contribution < -0.4 is 5.73 Å². The van der Waals surface area contributed by atoms with E-state index in [1.165, 1.54) is 11.5 Å². The van der Waals surface area contributed by atoms with Crippen molar-refractivity contribution in [3.05, 3.63) is 34.6 Å². The molecule has 1 unspecified atom stereocenters. The lowest BCUT2D eigenvalue weighted by Gasteiger charge is -2.08. The number of benzene rings is 1. The predicted molar refractivity (Wildman–Crippen MR) is 77.5 cm³/mol. The second-order valence-electron chi connectivity index (χ2n) is 3.90. The molecule has 18 heavy (non-hydrogen) atoms. The molecular formula is C12H14ClN3S2. The van der Waals surface area contributed by atoms with Crippen LogP contribution in [0.4, 0.5) is 0 Å². The predicted octanol–water partition coefficient (Wildman–Crippen LogP) is 3.92. The number of aromatic nitrogens is 2. The first-order valence-electron chi connectivity index (χ1n) is 5.65. The number of halogens is 1. The molecular weight excluding hydrogens is 286 g/mol. The van der Waals surface area contributed by atoms with Gasteiger partial charge in [0.1, 0.15) is 5.82 Å². The van der Waals surface area contributed by atoms with E-state index < -0.39 is 0 Å². The Morgan fingerprint density at radius 2 is 2.28 bits per heavy atom. The Morgan fingerprint density at radius 1 is 1.50 bits per heavy atom. The van der Waals surface area contributed by atoms with Crippen molar-refractivity contribution in [2.45, 2.75) is 35.5 Å². The lowest BCUT2D eigenvalue weighted by atomic mass is 10.1. The van der Waals surface area contributed by atoms with Crippen molar-refractivity contribution in [2.75, 3.05) is 0 Å². The molecule has 2 rings (SSSR count). The molecule has 1 heterocycles. The van der Waals surface area contributed by atoms with Gasteiger partial charge in [0.2, 0.25) is 0 Å². The van der Waals surface area contributed by atoms with Crippen LogP contribution in [0.3, 0.4) is 0 Å². The van der Waals surface area contributed by atoms with Crippen LogP contribution in [0, 0.1) is 0 Å². The minimum atomic E-state index is -0.0511. The van der Waals surface area contributed by atoms with Gasteiger partial charge < -0.3 is 5.73 Å². The SMILES string of the molecule is CCc1nsc(Sc2ccc(C(C)N)c(Cl)c2)n1. The molecule has 2 aromatic rings. The number of hydrogen-bond acceptors (Lipinski definition) is 5. The molecule has 0 fully saturated rings. The molecule has 1 aromatic heterocycles. The summed E-state index contributed by atoms with van der Waals surface area (Å²) in [6.45, 7) is 3.97. The second-order valence-corrected chi connectivity index (χ2v) is 6.38. The van der Waals surface area contributed by atoms with Crippen molar-refractivity contribution in [1.82, 2.24) is 9.36 Å². The van der Waals surface area contributed by atoms with Gasteiger partial charge in [-0.05, 0) is 36.2 Å². The summed E-state index contributed by atoms with van der Waals surface area (Å²) in [5, 5.41) is 0.704. The quantitative estimate of drug-likeness (QED) is 0.929. The molecule has 0 bridgehead atoms. The summed E-state index contributed by atoms with van der Waals surface area (Å²) in [5.41, 5.74) is 6.79. The van der Waals surface area contributed by atoms with Crippen LogP contribution in [0.1, 0.15) is 31.3 Å². The van der Waals surface area contributed by atoms with Gasteiger partial charge >= 0.3 is 0 Å². The van der Waals surface area contributed by atoms with E-state index in [9.17, 15) is 0 Å². The van der Waals surface area contributed by atoms with Gasteiger partial charge in [-0.2, -0.15) is 4.37 Å². The van der Waals surface area contributed by atoms with Crippen molar-refractivity contribution in [3.63, 3.8) is 0 Å². The maximum atomic E-state index is 6.20. The van der Waals surface area contributed by atoms with Gasteiger partial charge in [-0.1, -0.05) is 36.4 Å². The number of nitrogens with zero attached hydrogens (tertiary/aromatic N) is 2. The van der Waals surface area contributed by atoms with Crippen molar-refractivity contribution in [3.8, 4) is 0 Å². The Labute approximate surface area is 120 Å². The topological polar surface area (TPSA) is 51.8 Å². The highest BCUT2D eigenvalue weighted by Crippen LogP contribution is 2.33. The number of rotatable bonds is 4.